The van der Waals surface area contributed by atoms with E-state index in [0.717, 1.165) is 0 Å². The molecule has 3 nitrogen and oxygen atoms in total. The fraction of sp³-hybridized carbons (Fsp3) is 0.533. The topological polar surface area (TPSA) is 38.3 Å². The molecular formula is C15H21NO2. The van der Waals surface area contributed by atoms with Crippen LogP contribution in [0.25, 0.3) is 0 Å². The zero-order valence-electron chi connectivity index (χ0n) is 11.4. The quantitative estimate of drug-likeness (QED) is 0.829. The molecule has 3 heteroatoms. The van der Waals surface area contributed by atoms with Gasteiger partial charge in [0, 0.05) is 6.54 Å². The van der Waals surface area contributed by atoms with E-state index in [0.29, 0.717) is 6.54 Å². The molecule has 0 heterocycles. The number of carbonyl (C=O) groups excluding carboxylic acids is 1. The van der Waals surface area contributed by atoms with Crippen LogP contribution in [0.15, 0.2) is 18.2 Å². The summed E-state index contributed by atoms with van der Waals surface area (Å²) in [5.74, 6) is -0.233. The van der Waals surface area contributed by atoms with Crippen molar-refractivity contribution in [3.63, 3.8) is 0 Å². The fourth-order valence-electron chi connectivity index (χ4n) is 2.39. The molecule has 1 aliphatic rings. The number of esters is 1. The van der Waals surface area contributed by atoms with Gasteiger partial charge in [-0.15, -0.1) is 0 Å². The molecule has 0 bridgehead atoms. The van der Waals surface area contributed by atoms with Crippen molar-refractivity contribution in [3.8, 4) is 0 Å². The molecule has 0 saturated heterocycles. The van der Waals surface area contributed by atoms with Gasteiger partial charge in [0.2, 0.25) is 0 Å². The molecule has 1 aromatic rings. The number of methoxy groups -OCH3 is 1. The van der Waals surface area contributed by atoms with E-state index in [1.54, 1.807) is 0 Å². The molecule has 0 amide bonds. The number of hydrogen-bond acceptors (Lipinski definition) is 3. The largest absolute Gasteiger partial charge is 0.468 e. The van der Waals surface area contributed by atoms with Gasteiger partial charge in [-0.05, 0) is 49.8 Å². The molecule has 18 heavy (non-hydrogen) atoms. The van der Waals surface area contributed by atoms with E-state index in [4.69, 9.17) is 4.74 Å². The van der Waals surface area contributed by atoms with E-state index >= 15 is 0 Å². The Hall–Kier alpha value is -1.35. The van der Waals surface area contributed by atoms with Gasteiger partial charge in [0.05, 0.1) is 7.11 Å². The first-order valence-corrected chi connectivity index (χ1v) is 6.47. The minimum absolute atomic E-state index is 0.233. The smallest absolute Gasteiger partial charge is 0.325 e. The summed E-state index contributed by atoms with van der Waals surface area (Å²) >= 11 is 0. The number of carbonyl (C=O) groups is 1. The van der Waals surface area contributed by atoms with Gasteiger partial charge in [-0.2, -0.15) is 0 Å². The van der Waals surface area contributed by atoms with Crippen LogP contribution in [-0.2, 0) is 28.9 Å². The number of hydrogen-bond donors (Lipinski definition) is 1. The molecule has 0 unspecified atom stereocenters. The molecule has 0 radical (unpaired) electrons. The summed E-state index contributed by atoms with van der Waals surface area (Å²) in [7, 11) is 1.42. The highest BCUT2D eigenvalue weighted by atomic mass is 16.5. The minimum Gasteiger partial charge on any atom is -0.468 e. The molecule has 0 aromatic heterocycles. The summed E-state index contributed by atoms with van der Waals surface area (Å²) in [4.78, 5) is 11.6. The van der Waals surface area contributed by atoms with E-state index in [-0.39, 0.29) is 5.97 Å². The summed E-state index contributed by atoms with van der Waals surface area (Å²) in [6, 6.07) is 6.61. The van der Waals surface area contributed by atoms with Crippen LogP contribution < -0.4 is 5.32 Å². The highest BCUT2D eigenvalue weighted by molar-refractivity contribution is 5.79. The second kappa shape index (κ2) is 5.11. The average molecular weight is 247 g/mol. The Morgan fingerprint density at radius 3 is 2.78 bits per heavy atom. The number of nitrogens with one attached hydrogen (secondary N) is 1. The van der Waals surface area contributed by atoms with Gasteiger partial charge in [0.15, 0.2) is 0 Å². The van der Waals surface area contributed by atoms with Crippen LogP contribution in [0.1, 0.15) is 37.0 Å². The number of fused-ring (bicyclic) bond motifs is 1. The maximum absolute atomic E-state index is 11.6. The molecule has 0 fully saturated rings. The first-order chi connectivity index (χ1) is 8.53. The summed E-state index contributed by atoms with van der Waals surface area (Å²) in [6.45, 7) is 4.37. The highest BCUT2D eigenvalue weighted by Crippen LogP contribution is 2.23. The molecule has 0 spiro atoms. The van der Waals surface area contributed by atoms with Crippen molar-refractivity contribution in [2.75, 3.05) is 7.11 Å². The van der Waals surface area contributed by atoms with Crippen LogP contribution in [0, 0.1) is 0 Å². The third-order valence-electron chi connectivity index (χ3n) is 3.59. The lowest BCUT2D eigenvalue weighted by molar-refractivity contribution is -0.147. The summed E-state index contributed by atoms with van der Waals surface area (Å²) in [5.41, 5.74) is 3.53. The first kappa shape index (κ1) is 13.1. The van der Waals surface area contributed by atoms with Gasteiger partial charge < -0.3 is 4.74 Å². The second-order valence-electron chi connectivity index (χ2n) is 5.43. The number of aryl methyl sites for hydroxylation is 2. The van der Waals surface area contributed by atoms with Crippen molar-refractivity contribution in [1.29, 1.82) is 0 Å². The van der Waals surface area contributed by atoms with Crippen molar-refractivity contribution >= 4 is 5.97 Å². The minimum atomic E-state index is -0.645. The van der Waals surface area contributed by atoms with Gasteiger partial charge in [0.1, 0.15) is 5.54 Å². The number of benzene rings is 1. The Balaban J connectivity index is 2.00. The van der Waals surface area contributed by atoms with Crippen molar-refractivity contribution in [2.45, 2.75) is 45.2 Å². The van der Waals surface area contributed by atoms with Gasteiger partial charge in [-0.25, -0.2) is 0 Å². The van der Waals surface area contributed by atoms with Crippen LogP contribution in [0.3, 0.4) is 0 Å². The van der Waals surface area contributed by atoms with E-state index in [2.05, 4.69) is 23.5 Å². The molecule has 0 atom stereocenters. The van der Waals surface area contributed by atoms with Gasteiger partial charge in [-0.1, -0.05) is 18.2 Å². The maximum atomic E-state index is 11.6. The van der Waals surface area contributed by atoms with Crippen molar-refractivity contribution in [3.05, 3.63) is 34.9 Å². The van der Waals surface area contributed by atoms with Crippen molar-refractivity contribution in [1.82, 2.24) is 5.32 Å². The third-order valence-corrected chi connectivity index (χ3v) is 3.59. The van der Waals surface area contributed by atoms with Crippen LogP contribution in [-0.4, -0.2) is 18.6 Å². The molecule has 0 aliphatic heterocycles. The Bertz CT molecular complexity index is 452. The van der Waals surface area contributed by atoms with E-state index in [9.17, 15) is 4.79 Å². The SMILES string of the molecule is COC(=O)C(C)(C)NCc1ccc2c(c1)CCC2. The number of rotatable bonds is 4. The zero-order valence-corrected chi connectivity index (χ0v) is 11.4. The van der Waals surface area contributed by atoms with Gasteiger partial charge in [-0.3, -0.25) is 10.1 Å². The Kier molecular flexibility index (Phi) is 3.71. The Labute approximate surface area is 109 Å². The molecule has 1 N–H and O–H groups in total. The Morgan fingerprint density at radius 1 is 1.33 bits per heavy atom. The summed E-state index contributed by atoms with van der Waals surface area (Å²) in [5, 5.41) is 3.24. The Morgan fingerprint density at radius 2 is 2.06 bits per heavy atom. The van der Waals surface area contributed by atoms with Crippen molar-refractivity contribution in [2.24, 2.45) is 0 Å². The van der Waals surface area contributed by atoms with Crippen LogP contribution in [0.4, 0.5) is 0 Å². The summed E-state index contributed by atoms with van der Waals surface area (Å²) in [6.07, 6.45) is 3.65. The summed E-state index contributed by atoms with van der Waals surface area (Å²) < 4.78 is 4.78. The lowest BCUT2D eigenvalue weighted by Gasteiger charge is -2.23. The molecule has 98 valence electrons. The standard InChI is InChI=1S/C15H21NO2/c1-15(2,14(17)18-3)16-10-11-7-8-12-5-4-6-13(12)9-11/h7-9,16H,4-6,10H2,1-3H3. The van der Waals surface area contributed by atoms with Gasteiger partial charge in [0.25, 0.3) is 0 Å². The predicted octanol–water partition coefficient (Wildman–Crippen LogP) is 2.22. The zero-order chi connectivity index (χ0) is 13.2. The van der Waals surface area contributed by atoms with E-state index < -0.39 is 5.54 Å². The van der Waals surface area contributed by atoms with E-state index in [1.807, 2.05) is 13.8 Å². The third kappa shape index (κ3) is 2.72. The first-order valence-electron chi connectivity index (χ1n) is 6.47. The van der Waals surface area contributed by atoms with Crippen LogP contribution in [0.2, 0.25) is 0 Å². The van der Waals surface area contributed by atoms with Crippen molar-refractivity contribution < 1.29 is 9.53 Å². The fourth-order valence-corrected chi connectivity index (χ4v) is 2.39. The lowest BCUT2D eigenvalue weighted by Crippen LogP contribution is -2.46. The molecule has 1 aromatic carbocycles. The monoisotopic (exact) mass is 247 g/mol. The van der Waals surface area contributed by atoms with Gasteiger partial charge >= 0.3 is 5.97 Å². The van der Waals surface area contributed by atoms with Crippen LogP contribution >= 0.6 is 0 Å². The van der Waals surface area contributed by atoms with E-state index in [1.165, 1.54) is 43.1 Å². The molecule has 0 saturated carbocycles. The number of ether oxygens (including phenoxy) is 1. The second-order valence-corrected chi connectivity index (χ2v) is 5.43. The molecular weight excluding hydrogens is 226 g/mol. The molecule has 2 rings (SSSR count). The lowest BCUT2D eigenvalue weighted by atomic mass is 10.0. The molecule has 1 aliphatic carbocycles. The highest BCUT2D eigenvalue weighted by Gasteiger charge is 2.27. The predicted molar refractivity (Wildman–Crippen MR) is 71.4 cm³/mol. The van der Waals surface area contributed by atoms with Crippen LogP contribution in [0.5, 0.6) is 0 Å². The normalized spacial score (nSPS) is 14.4. The maximum Gasteiger partial charge on any atom is 0.325 e. The average Bonchev–Trinajstić information content (AvgIpc) is 2.82.